The molecule has 0 saturated heterocycles. The van der Waals surface area contributed by atoms with Gasteiger partial charge in [0.1, 0.15) is 16.1 Å². The zero-order valence-corrected chi connectivity index (χ0v) is 34.2. The summed E-state index contributed by atoms with van der Waals surface area (Å²) in [6, 6.07) is 65.2. The van der Waals surface area contributed by atoms with Gasteiger partial charge in [-0.2, -0.15) is 0 Å². The van der Waals surface area contributed by atoms with Crippen molar-refractivity contribution < 1.29 is 0 Å². The third-order valence-electron chi connectivity index (χ3n) is 13.6. The largest absolute Gasteiger partial charge is 0.113 e. The monoisotopic (exact) mass is 744 g/mol. The SMILES string of the molecule is C[Si]1(C)c2cc(-c3cc4ccccc4c4ccccc34)ccc2-c2c1cc1c3c(cccc23)[Si](C)(C)c2cc(-c3cc4ccccc4c4ccccc34)ccc2-1. The van der Waals surface area contributed by atoms with Crippen LogP contribution < -0.4 is 20.7 Å². The molecule has 264 valence electrons. The smallest absolute Gasteiger partial charge is 0.0619 e. The van der Waals surface area contributed by atoms with Crippen LogP contribution in [0.1, 0.15) is 0 Å². The molecular formula is C54H40Si2. The Labute approximate surface area is 329 Å². The van der Waals surface area contributed by atoms with Crippen LogP contribution in [-0.2, 0) is 0 Å². The number of fused-ring (bicyclic) bond motifs is 12. The summed E-state index contributed by atoms with van der Waals surface area (Å²) in [5, 5.41) is 19.7. The van der Waals surface area contributed by atoms with Gasteiger partial charge in [0.15, 0.2) is 0 Å². The third kappa shape index (κ3) is 4.23. The first-order valence-electron chi connectivity index (χ1n) is 20.0. The molecule has 0 unspecified atom stereocenters. The van der Waals surface area contributed by atoms with Gasteiger partial charge in [0.2, 0.25) is 0 Å². The van der Waals surface area contributed by atoms with Crippen LogP contribution in [-0.4, -0.2) is 16.1 Å². The van der Waals surface area contributed by atoms with Crippen LogP contribution in [0.4, 0.5) is 0 Å². The van der Waals surface area contributed by atoms with Crippen LogP contribution in [0.5, 0.6) is 0 Å². The Bertz CT molecular complexity index is 3370. The lowest BCUT2D eigenvalue weighted by Gasteiger charge is -2.35. The summed E-state index contributed by atoms with van der Waals surface area (Å²) in [6.07, 6.45) is 0. The van der Waals surface area contributed by atoms with E-state index in [2.05, 4.69) is 196 Å². The maximum absolute atomic E-state index is 2.64. The molecule has 0 saturated carbocycles. The van der Waals surface area contributed by atoms with E-state index >= 15 is 0 Å². The minimum Gasteiger partial charge on any atom is -0.0619 e. The van der Waals surface area contributed by atoms with Crippen molar-refractivity contribution in [2.75, 3.05) is 0 Å². The average Bonchev–Trinajstić information content (AvgIpc) is 3.47. The molecule has 0 bridgehead atoms. The van der Waals surface area contributed by atoms with E-state index in [0.717, 1.165) is 0 Å². The lowest BCUT2D eigenvalue weighted by atomic mass is 9.89. The first kappa shape index (κ1) is 32.2. The molecular weight excluding hydrogens is 705 g/mol. The Balaban J connectivity index is 1.06. The summed E-state index contributed by atoms with van der Waals surface area (Å²) in [4.78, 5) is 0. The van der Waals surface area contributed by atoms with Gasteiger partial charge in [-0.25, -0.2) is 0 Å². The molecule has 0 aromatic heterocycles. The fourth-order valence-corrected chi connectivity index (χ4v) is 17.0. The van der Waals surface area contributed by atoms with Gasteiger partial charge in [-0.3, -0.25) is 0 Å². The second-order valence-corrected chi connectivity index (χ2v) is 25.9. The van der Waals surface area contributed by atoms with Gasteiger partial charge in [-0.05, 0) is 131 Å². The Hall–Kier alpha value is -6.07. The summed E-state index contributed by atoms with van der Waals surface area (Å²) in [7, 11) is -4.19. The quantitative estimate of drug-likeness (QED) is 0.122. The van der Waals surface area contributed by atoms with E-state index in [1.165, 1.54) is 98.4 Å². The van der Waals surface area contributed by atoms with E-state index in [4.69, 9.17) is 0 Å². The van der Waals surface area contributed by atoms with Crippen LogP contribution in [0.3, 0.4) is 0 Å². The lowest BCUT2D eigenvalue weighted by molar-refractivity contribution is 1.62. The molecule has 56 heavy (non-hydrogen) atoms. The highest BCUT2D eigenvalue weighted by atomic mass is 28.3. The Morgan fingerprint density at radius 1 is 0.286 bits per heavy atom. The maximum Gasteiger partial charge on any atom is 0.113 e. The van der Waals surface area contributed by atoms with Crippen molar-refractivity contribution in [2.24, 2.45) is 0 Å². The molecule has 2 heteroatoms. The van der Waals surface area contributed by atoms with E-state index in [1.54, 1.807) is 20.7 Å². The van der Waals surface area contributed by atoms with E-state index in [0.29, 0.717) is 0 Å². The second-order valence-electron chi connectivity index (χ2n) is 17.2. The highest BCUT2D eigenvalue weighted by Gasteiger charge is 2.42. The van der Waals surface area contributed by atoms with Crippen molar-refractivity contribution in [3.63, 3.8) is 0 Å². The van der Waals surface area contributed by atoms with Gasteiger partial charge < -0.3 is 0 Å². The molecule has 0 spiro atoms. The fraction of sp³-hybridized carbons (Fsp3) is 0.0741. The van der Waals surface area contributed by atoms with E-state index in [-0.39, 0.29) is 0 Å². The standard InChI is InChI=1S/C54H40Si2/c1-55(2)49-23-13-22-45-53-44-27-25-36(47-29-34-15-6-8-17-38(34)40-19-10-12-21-42(40)47)31-51(44)56(3,4)52(53)32-48(54(45)49)43-26-24-35(30-50(43)55)46-28-33-14-5-7-16-37(33)39-18-9-11-20-41(39)46/h5-32H,1-4H3. The zero-order chi connectivity index (χ0) is 37.5. The van der Waals surface area contributed by atoms with Crippen LogP contribution in [0.25, 0.3) is 98.4 Å². The molecule has 12 rings (SSSR count). The topological polar surface area (TPSA) is 0 Å². The van der Waals surface area contributed by atoms with Gasteiger partial charge >= 0.3 is 0 Å². The van der Waals surface area contributed by atoms with Crippen LogP contribution in [0.2, 0.25) is 26.2 Å². The number of rotatable bonds is 2. The van der Waals surface area contributed by atoms with E-state index in [1.807, 2.05) is 0 Å². The van der Waals surface area contributed by atoms with E-state index in [9.17, 15) is 0 Å². The predicted octanol–water partition coefficient (Wildman–Crippen LogP) is 12.4. The van der Waals surface area contributed by atoms with Gasteiger partial charge in [0, 0.05) is 0 Å². The van der Waals surface area contributed by atoms with Gasteiger partial charge in [0.25, 0.3) is 0 Å². The third-order valence-corrected chi connectivity index (χ3v) is 20.6. The van der Waals surface area contributed by atoms with Crippen molar-refractivity contribution in [3.8, 4) is 44.5 Å². The Morgan fingerprint density at radius 3 is 1.34 bits per heavy atom. The summed E-state index contributed by atoms with van der Waals surface area (Å²) < 4.78 is 0. The van der Waals surface area contributed by atoms with Crippen molar-refractivity contribution in [2.45, 2.75) is 26.2 Å². The van der Waals surface area contributed by atoms with Crippen molar-refractivity contribution in [3.05, 3.63) is 170 Å². The molecule has 0 nitrogen and oxygen atoms in total. The number of hydrogen-bond acceptors (Lipinski definition) is 0. The fourth-order valence-electron chi connectivity index (χ4n) is 10.8. The van der Waals surface area contributed by atoms with E-state index < -0.39 is 16.1 Å². The first-order chi connectivity index (χ1) is 27.3. The molecule has 0 fully saturated rings. The normalized spacial score (nSPS) is 14.7. The molecule has 10 aromatic carbocycles. The molecule has 0 atom stereocenters. The van der Waals surface area contributed by atoms with Crippen LogP contribution in [0, 0.1) is 0 Å². The van der Waals surface area contributed by atoms with Crippen molar-refractivity contribution in [1.29, 1.82) is 0 Å². The first-order valence-corrected chi connectivity index (χ1v) is 26.0. The molecule has 0 amide bonds. The predicted molar refractivity (Wildman–Crippen MR) is 249 cm³/mol. The Kier molecular flexibility index (Phi) is 6.47. The summed E-state index contributed by atoms with van der Waals surface area (Å²) in [5.41, 5.74) is 11.1. The lowest BCUT2D eigenvalue weighted by Crippen LogP contribution is -2.56. The second kappa shape index (κ2) is 11.3. The van der Waals surface area contributed by atoms with Gasteiger partial charge in [-0.1, -0.05) is 184 Å². The van der Waals surface area contributed by atoms with Crippen molar-refractivity contribution >= 4 is 90.8 Å². The molecule has 10 aromatic rings. The van der Waals surface area contributed by atoms with Crippen LogP contribution >= 0.6 is 0 Å². The average molecular weight is 745 g/mol. The molecule has 0 N–H and O–H groups in total. The molecule has 0 radical (unpaired) electrons. The highest BCUT2D eigenvalue weighted by molar-refractivity contribution is 7.05. The molecule has 0 aliphatic carbocycles. The highest BCUT2D eigenvalue weighted by Crippen LogP contribution is 2.44. The number of hydrogen-bond donors (Lipinski definition) is 0. The maximum atomic E-state index is 2.64. The number of benzene rings is 10. The minimum absolute atomic E-state index is 1.30. The molecule has 2 heterocycles. The zero-order valence-electron chi connectivity index (χ0n) is 32.2. The molecule has 2 aliphatic rings. The van der Waals surface area contributed by atoms with Crippen molar-refractivity contribution in [1.82, 2.24) is 0 Å². The summed E-state index contributed by atoms with van der Waals surface area (Å²) in [6.45, 7) is 10.3. The van der Waals surface area contributed by atoms with Crippen LogP contribution in [0.15, 0.2) is 170 Å². The summed E-state index contributed by atoms with van der Waals surface area (Å²) >= 11 is 0. The Morgan fingerprint density at radius 2 is 0.750 bits per heavy atom. The molecule has 2 aliphatic heterocycles. The summed E-state index contributed by atoms with van der Waals surface area (Å²) in [5.74, 6) is 0. The minimum atomic E-state index is -2.10. The van der Waals surface area contributed by atoms with Gasteiger partial charge in [-0.15, -0.1) is 0 Å². The van der Waals surface area contributed by atoms with Gasteiger partial charge in [0.05, 0.1) is 0 Å².